The molecule has 0 saturated carbocycles. The Morgan fingerprint density at radius 2 is 1.79 bits per heavy atom. The van der Waals surface area contributed by atoms with E-state index in [0.717, 1.165) is 76.8 Å². The van der Waals surface area contributed by atoms with Crippen LogP contribution in [0.4, 0.5) is 5.69 Å². The minimum absolute atomic E-state index is 0. The van der Waals surface area contributed by atoms with Crippen LogP contribution in [0.3, 0.4) is 0 Å². The smallest absolute Gasteiger partial charge is 0.191 e. The number of anilines is 1. The maximum absolute atomic E-state index is 5.25. The number of rotatable bonds is 8. The van der Waals surface area contributed by atoms with Crippen LogP contribution in [0, 0.1) is 0 Å². The lowest BCUT2D eigenvalue weighted by atomic mass is 10.2. The van der Waals surface area contributed by atoms with Crippen LogP contribution in [0.2, 0.25) is 0 Å². The molecule has 0 unspecified atom stereocenters. The van der Waals surface area contributed by atoms with Crippen molar-refractivity contribution in [1.82, 2.24) is 15.5 Å². The first-order valence-corrected chi connectivity index (χ1v) is 10.6. The molecule has 0 aromatic heterocycles. The predicted octanol–water partition coefficient (Wildman–Crippen LogP) is 3.10. The van der Waals surface area contributed by atoms with Gasteiger partial charge in [0.1, 0.15) is 5.75 Å². The van der Waals surface area contributed by atoms with Gasteiger partial charge in [0.05, 0.1) is 7.11 Å². The molecule has 162 valence electrons. The van der Waals surface area contributed by atoms with Gasteiger partial charge in [0.25, 0.3) is 0 Å². The summed E-state index contributed by atoms with van der Waals surface area (Å²) >= 11 is 0. The van der Waals surface area contributed by atoms with E-state index in [9.17, 15) is 0 Å². The summed E-state index contributed by atoms with van der Waals surface area (Å²) < 4.78 is 5.25. The van der Waals surface area contributed by atoms with Gasteiger partial charge in [-0.2, -0.15) is 0 Å². The molecule has 0 atom stereocenters. The summed E-state index contributed by atoms with van der Waals surface area (Å²) in [5.74, 6) is 1.87. The van der Waals surface area contributed by atoms with Gasteiger partial charge in [0.15, 0.2) is 5.96 Å². The monoisotopic (exact) mass is 513 g/mol. The summed E-state index contributed by atoms with van der Waals surface area (Å²) in [6.07, 6.45) is 7.79. The SMILES string of the molecule is CCNC(=NCCCN1CCN(c2ccc(OC)cc2)CC1)NC1CC=CC1.I. The fourth-order valence-corrected chi connectivity index (χ4v) is 3.76. The maximum atomic E-state index is 5.25. The lowest BCUT2D eigenvalue weighted by Gasteiger charge is -2.36. The number of benzene rings is 1. The second-order valence-electron chi connectivity index (χ2n) is 7.42. The van der Waals surface area contributed by atoms with Gasteiger partial charge in [-0.1, -0.05) is 12.2 Å². The van der Waals surface area contributed by atoms with E-state index in [0.29, 0.717) is 6.04 Å². The van der Waals surface area contributed by atoms with Crippen LogP contribution in [0.15, 0.2) is 41.4 Å². The average molecular weight is 513 g/mol. The molecule has 0 radical (unpaired) electrons. The number of hydrogen-bond donors (Lipinski definition) is 2. The summed E-state index contributed by atoms with van der Waals surface area (Å²) in [4.78, 5) is 9.77. The van der Waals surface area contributed by atoms with Gasteiger partial charge in [-0.25, -0.2) is 0 Å². The van der Waals surface area contributed by atoms with Crippen LogP contribution in [-0.4, -0.2) is 69.8 Å². The van der Waals surface area contributed by atoms with E-state index in [1.165, 1.54) is 5.69 Å². The molecule has 1 aromatic carbocycles. The Morgan fingerprint density at radius 3 is 2.41 bits per heavy atom. The summed E-state index contributed by atoms with van der Waals surface area (Å²) in [5.41, 5.74) is 1.29. The van der Waals surface area contributed by atoms with Gasteiger partial charge in [0.2, 0.25) is 0 Å². The second-order valence-corrected chi connectivity index (χ2v) is 7.42. The Balaban J connectivity index is 0.00000300. The van der Waals surface area contributed by atoms with E-state index in [4.69, 9.17) is 9.73 Å². The molecule has 0 bridgehead atoms. The minimum atomic E-state index is 0. The highest BCUT2D eigenvalue weighted by Crippen LogP contribution is 2.20. The highest BCUT2D eigenvalue weighted by atomic mass is 127. The Kier molecular flexibility index (Phi) is 10.6. The molecule has 29 heavy (non-hydrogen) atoms. The predicted molar refractivity (Wildman–Crippen MR) is 133 cm³/mol. The molecule has 1 heterocycles. The maximum Gasteiger partial charge on any atom is 0.191 e. The van der Waals surface area contributed by atoms with Gasteiger partial charge in [-0.15, -0.1) is 24.0 Å². The molecule has 6 nitrogen and oxygen atoms in total. The molecule has 1 saturated heterocycles. The number of aliphatic imine (C=N–C) groups is 1. The normalized spacial score (nSPS) is 17.9. The van der Waals surface area contributed by atoms with E-state index in [1.54, 1.807) is 7.11 Å². The largest absolute Gasteiger partial charge is 0.497 e. The third-order valence-corrected chi connectivity index (χ3v) is 5.41. The molecule has 1 aliphatic carbocycles. The second kappa shape index (κ2) is 13.0. The molecule has 0 amide bonds. The van der Waals surface area contributed by atoms with E-state index in [1.807, 2.05) is 12.1 Å². The van der Waals surface area contributed by atoms with E-state index in [2.05, 4.69) is 51.6 Å². The number of guanidine groups is 1. The van der Waals surface area contributed by atoms with Crippen LogP contribution < -0.4 is 20.3 Å². The first-order chi connectivity index (χ1) is 13.8. The summed E-state index contributed by atoms with van der Waals surface area (Å²) in [6.45, 7) is 9.39. The summed E-state index contributed by atoms with van der Waals surface area (Å²) in [5, 5.41) is 6.90. The molecule has 0 spiro atoms. The molecule has 1 aliphatic heterocycles. The highest BCUT2D eigenvalue weighted by Gasteiger charge is 2.17. The Morgan fingerprint density at radius 1 is 1.10 bits per heavy atom. The van der Waals surface area contributed by atoms with Gasteiger partial charge in [-0.3, -0.25) is 9.89 Å². The molecule has 7 heteroatoms. The zero-order chi connectivity index (χ0) is 19.6. The quantitative estimate of drug-likeness (QED) is 0.184. The number of methoxy groups -OCH3 is 1. The van der Waals surface area contributed by atoms with Crippen molar-refractivity contribution in [3.05, 3.63) is 36.4 Å². The number of piperazine rings is 1. The molecule has 2 aliphatic rings. The number of nitrogens with one attached hydrogen (secondary N) is 2. The van der Waals surface area contributed by atoms with E-state index >= 15 is 0 Å². The molecular formula is C22H36IN5O. The van der Waals surface area contributed by atoms with Crippen molar-refractivity contribution in [2.75, 3.05) is 57.8 Å². The standard InChI is InChI=1S/C22H35N5O.HI/c1-3-23-22(25-19-7-4-5-8-19)24-13-6-14-26-15-17-27(18-16-26)20-9-11-21(28-2)12-10-20;/h4-5,9-12,19H,3,6-8,13-18H2,1-2H3,(H2,23,24,25);1H. The van der Waals surface area contributed by atoms with Crippen LogP contribution in [0.25, 0.3) is 0 Å². The fraction of sp³-hybridized carbons (Fsp3) is 0.591. The van der Waals surface area contributed by atoms with Crippen molar-refractivity contribution in [3.63, 3.8) is 0 Å². The molecular weight excluding hydrogens is 477 g/mol. The van der Waals surface area contributed by atoms with E-state index in [-0.39, 0.29) is 24.0 Å². The van der Waals surface area contributed by atoms with Crippen molar-refractivity contribution >= 4 is 35.6 Å². The van der Waals surface area contributed by atoms with Crippen molar-refractivity contribution in [2.24, 2.45) is 4.99 Å². The number of halogens is 1. The zero-order valence-electron chi connectivity index (χ0n) is 17.8. The van der Waals surface area contributed by atoms with E-state index < -0.39 is 0 Å². The van der Waals surface area contributed by atoms with Crippen molar-refractivity contribution in [2.45, 2.75) is 32.2 Å². The molecule has 1 fully saturated rings. The number of ether oxygens (including phenoxy) is 1. The van der Waals surface area contributed by atoms with Crippen molar-refractivity contribution in [1.29, 1.82) is 0 Å². The molecule has 2 N–H and O–H groups in total. The third kappa shape index (κ3) is 7.70. The van der Waals surface area contributed by atoms with Crippen LogP contribution in [0.5, 0.6) is 5.75 Å². The summed E-state index contributed by atoms with van der Waals surface area (Å²) in [6, 6.07) is 8.88. The highest BCUT2D eigenvalue weighted by molar-refractivity contribution is 14.0. The zero-order valence-corrected chi connectivity index (χ0v) is 20.1. The third-order valence-electron chi connectivity index (χ3n) is 5.41. The number of nitrogens with zero attached hydrogens (tertiary/aromatic N) is 3. The van der Waals surface area contributed by atoms with Gasteiger partial charge < -0.3 is 20.3 Å². The van der Waals surface area contributed by atoms with Crippen LogP contribution >= 0.6 is 24.0 Å². The first kappa shape index (κ1) is 23.8. The molecule has 1 aromatic rings. The van der Waals surface area contributed by atoms with Gasteiger partial charge >= 0.3 is 0 Å². The Labute approximate surface area is 192 Å². The average Bonchev–Trinajstić information content (AvgIpc) is 3.25. The van der Waals surface area contributed by atoms with Crippen LogP contribution in [-0.2, 0) is 0 Å². The van der Waals surface area contributed by atoms with Crippen molar-refractivity contribution < 1.29 is 4.74 Å². The topological polar surface area (TPSA) is 52.1 Å². The fourth-order valence-electron chi connectivity index (χ4n) is 3.76. The minimum Gasteiger partial charge on any atom is -0.497 e. The Hall–Kier alpha value is -1.48. The molecule has 3 rings (SSSR count). The lowest BCUT2D eigenvalue weighted by molar-refractivity contribution is 0.256. The number of hydrogen-bond acceptors (Lipinski definition) is 4. The summed E-state index contributed by atoms with van der Waals surface area (Å²) in [7, 11) is 1.71. The lowest BCUT2D eigenvalue weighted by Crippen LogP contribution is -2.46. The van der Waals surface area contributed by atoms with Crippen molar-refractivity contribution in [3.8, 4) is 5.75 Å². The van der Waals surface area contributed by atoms with Gasteiger partial charge in [-0.05, 0) is 50.5 Å². The van der Waals surface area contributed by atoms with Crippen LogP contribution in [0.1, 0.15) is 26.2 Å². The Bertz CT molecular complexity index is 633. The first-order valence-electron chi connectivity index (χ1n) is 10.6. The van der Waals surface area contributed by atoms with Gasteiger partial charge in [0, 0.05) is 57.5 Å².